The van der Waals surface area contributed by atoms with E-state index in [1.165, 1.54) is 24.1 Å². The van der Waals surface area contributed by atoms with Gasteiger partial charge in [0.1, 0.15) is 5.75 Å². The number of likely N-dealkylation sites (tertiary alicyclic amines) is 1. The van der Waals surface area contributed by atoms with Gasteiger partial charge in [-0.2, -0.15) is 0 Å². The summed E-state index contributed by atoms with van der Waals surface area (Å²) in [7, 11) is 1.32. The molecule has 2 atom stereocenters. The van der Waals surface area contributed by atoms with Gasteiger partial charge in [-0.3, -0.25) is 4.79 Å². The van der Waals surface area contributed by atoms with E-state index in [1.807, 2.05) is 0 Å². The maximum absolute atomic E-state index is 11.5. The second-order valence-electron chi connectivity index (χ2n) is 5.85. The van der Waals surface area contributed by atoms with Crippen molar-refractivity contribution >= 4 is 35.3 Å². The standard InChI is InChI=1S/C16H20Cl2N2O5/c1-25-13(22)4-5-19-7-10-6-9(8-20(10)16(23)24)14-12(21)3-2-11(17)15(14)18/h2-3,9-10,19,21H,4-8H2,1H3,(H,23,24)/t9-,10-/m0/s1. The molecule has 1 heterocycles. The van der Waals surface area contributed by atoms with Crippen LogP contribution in [0.5, 0.6) is 5.75 Å². The number of esters is 1. The van der Waals surface area contributed by atoms with Crippen molar-refractivity contribution in [3.63, 3.8) is 0 Å². The lowest BCUT2D eigenvalue weighted by Crippen LogP contribution is -2.41. The van der Waals surface area contributed by atoms with Gasteiger partial charge in [0.15, 0.2) is 0 Å². The summed E-state index contributed by atoms with van der Waals surface area (Å²) >= 11 is 12.2. The number of phenolic OH excluding ortho intramolecular Hbond substituents is 1. The van der Waals surface area contributed by atoms with Gasteiger partial charge in [0.25, 0.3) is 0 Å². The Kier molecular flexibility index (Phi) is 6.75. The maximum Gasteiger partial charge on any atom is 0.407 e. The van der Waals surface area contributed by atoms with E-state index in [1.54, 1.807) is 0 Å². The Morgan fingerprint density at radius 3 is 2.76 bits per heavy atom. The molecule has 1 fully saturated rings. The Balaban J connectivity index is 2.06. The first-order valence-corrected chi connectivity index (χ1v) is 8.54. The van der Waals surface area contributed by atoms with Crippen molar-refractivity contribution in [1.82, 2.24) is 10.2 Å². The minimum absolute atomic E-state index is 0.00374. The Hall–Kier alpha value is -1.70. The summed E-state index contributed by atoms with van der Waals surface area (Å²) in [5, 5.41) is 23.2. The molecule has 0 aliphatic carbocycles. The molecule has 7 nitrogen and oxygen atoms in total. The van der Waals surface area contributed by atoms with Gasteiger partial charge < -0.3 is 25.2 Å². The summed E-state index contributed by atoms with van der Waals surface area (Å²) in [6.45, 7) is 0.996. The minimum Gasteiger partial charge on any atom is -0.508 e. The number of ether oxygens (including phenoxy) is 1. The van der Waals surface area contributed by atoms with Crippen LogP contribution in [0.25, 0.3) is 0 Å². The molecule has 1 saturated heterocycles. The van der Waals surface area contributed by atoms with Crippen LogP contribution in [-0.4, -0.2) is 60.0 Å². The Bertz CT molecular complexity index is 656. The topological polar surface area (TPSA) is 99.1 Å². The first kappa shape index (κ1) is 19.6. The molecule has 2 rings (SSSR count). The monoisotopic (exact) mass is 390 g/mol. The second kappa shape index (κ2) is 8.60. The van der Waals surface area contributed by atoms with Crippen LogP contribution < -0.4 is 5.32 Å². The number of carbonyl (C=O) groups is 2. The Morgan fingerprint density at radius 2 is 2.12 bits per heavy atom. The van der Waals surface area contributed by atoms with Crippen molar-refractivity contribution in [2.75, 3.05) is 26.7 Å². The molecule has 25 heavy (non-hydrogen) atoms. The third kappa shape index (κ3) is 4.68. The van der Waals surface area contributed by atoms with Crippen LogP contribution in [0.2, 0.25) is 10.0 Å². The summed E-state index contributed by atoms with van der Waals surface area (Å²) in [4.78, 5) is 23.9. The number of halogens is 2. The highest BCUT2D eigenvalue weighted by atomic mass is 35.5. The lowest BCUT2D eigenvalue weighted by atomic mass is 9.95. The quantitative estimate of drug-likeness (QED) is 0.510. The van der Waals surface area contributed by atoms with E-state index in [-0.39, 0.29) is 41.7 Å². The van der Waals surface area contributed by atoms with E-state index in [9.17, 15) is 19.8 Å². The molecule has 138 valence electrons. The number of nitrogens with one attached hydrogen (secondary N) is 1. The molecule has 1 aromatic carbocycles. The number of benzene rings is 1. The molecule has 3 N–H and O–H groups in total. The van der Waals surface area contributed by atoms with Gasteiger partial charge in [0.2, 0.25) is 0 Å². The minimum atomic E-state index is -1.04. The molecule has 0 bridgehead atoms. The molecule has 0 spiro atoms. The summed E-state index contributed by atoms with van der Waals surface area (Å²) in [6.07, 6.45) is -0.342. The first-order chi connectivity index (χ1) is 11.8. The van der Waals surface area contributed by atoms with Crippen LogP contribution in [0.1, 0.15) is 24.3 Å². The van der Waals surface area contributed by atoms with E-state index in [2.05, 4.69) is 10.1 Å². The first-order valence-electron chi connectivity index (χ1n) is 7.79. The van der Waals surface area contributed by atoms with Gasteiger partial charge in [-0.15, -0.1) is 0 Å². The Morgan fingerprint density at radius 1 is 1.40 bits per heavy atom. The van der Waals surface area contributed by atoms with Crippen LogP contribution in [0.15, 0.2) is 12.1 Å². The van der Waals surface area contributed by atoms with Gasteiger partial charge in [0, 0.05) is 37.2 Å². The fourth-order valence-corrected chi connectivity index (χ4v) is 3.54. The number of carboxylic acid groups (broad SMARTS) is 1. The molecule has 1 aliphatic rings. The van der Waals surface area contributed by atoms with Crippen molar-refractivity contribution in [3.05, 3.63) is 27.7 Å². The fourth-order valence-electron chi connectivity index (χ4n) is 3.06. The van der Waals surface area contributed by atoms with Gasteiger partial charge in [-0.05, 0) is 18.6 Å². The molecule has 0 radical (unpaired) electrons. The van der Waals surface area contributed by atoms with Crippen molar-refractivity contribution in [2.45, 2.75) is 24.8 Å². The SMILES string of the molecule is COC(=O)CCNC[C@@H]1C[C@H](c2c(O)ccc(Cl)c2Cl)CN1C(=O)O. The van der Waals surface area contributed by atoms with Gasteiger partial charge in [-0.1, -0.05) is 23.2 Å². The highest BCUT2D eigenvalue weighted by Crippen LogP contribution is 2.42. The van der Waals surface area contributed by atoms with Gasteiger partial charge in [-0.25, -0.2) is 4.79 Å². The second-order valence-corrected chi connectivity index (χ2v) is 6.63. The zero-order valence-electron chi connectivity index (χ0n) is 13.7. The van der Waals surface area contributed by atoms with Gasteiger partial charge in [0.05, 0.1) is 23.6 Å². The van der Waals surface area contributed by atoms with Crippen LogP contribution in [0.4, 0.5) is 4.79 Å². The van der Waals surface area contributed by atoms with Crippen molar-refractivity contribution < 1.29 is 24.5 Å². The van der Waals surface area contributed by atoms with E-state index in [4.69, 9.17) is 23.2 Å². The molecule has 1 amide bonds. The van der Waals surface area contributed by atoms with Crippen LogP contribution in [0, 0.1) is 0 Å². The number of phenols is 1. The highest BCUT2D eigenvalue weighted by molar-refractivity contribution is 6.42. The average molecular weight is 391 g/mol. The average Bonchev–Trinajstić information content (AvgIpc) is 2.99. The van der Waals surface area contributed by atoms with Crippen molar-refractivity contribution in [3.8, 4) is 5.75 Å². The number of hydrogen-bond acceptors (Lipinski definition) is 5. The van der Waals surface area contributed by atoms with Crippen LogP contribution in [-0.2, 0) is 9.53 Å². The van der Waals surface area contributed by atoms with E-state index < -0.39 is 6.09 Å². The molecular weight excluding hydrogens is 371 g/mol. The normalized spacial score (nSPS) is 19.9. The number of carbonyl (C=O) groups excluding carboxylic acids is 1. The van der Waals surface area contributed by atoms with E-state index in [0.29, 0.717) is 30.1 Å². The molecule has 1 aromatic rings. The van der Waals surface area contributed by atoms with Crippen LogP contribution in [0.3, 0.4) is 0 Å². The lowest BCUT2D eigenvalue weighted by Gasteiger charge is -2.21. The molecule has 9 heteroatoms. The van der Waals surface area contributed by atoms with Gasteiger partial charge >= 0.3 is 12.1 Å². The van der Waals surface area contributed by atoms with E-state index >= 15 is 0 Å². The summed E-state index contributed by atoms with van der Waals surface area (Å²) in [5.74, 6) is -0.582. The van der Waals surface area contributed by atoms with Crippen molar-refractivity contribution in [2.24, 2.45) is 0 Å². The molecule has 0 aromatic heterocycles. The van der Waals surface area contributed by atoms with E-state index in [0.717, 1.165) is 0 Å². The molecule has 0 saturated carbocycles. The summed E-state index contributed by atoms with van der Waals surface area (Å²) < 4.78 is 4.56. The number of methoxy groups -OCH3 is 1. The molecular formula is C16H20Cl2N2O5. The largest absolute Gasteiger partial charge is 0.508 e. The lowest BCUT2D eigenvalue weighted by molar-refractivity contribution is -0.140. The molecule has 1 aliphatic heterocycles. The van der Waals surface area contributed by atoms with Crippen LogP contribution >= 0.6 is 23.2 Å². The molecule has 0 unspecified atom stereocenters. The smallest absolute Gasteiger partial charge is 0.407 e. The third-order valence-electron chi connectivity index (χ3n) is 4.29. The number of hydrogen-bond donors (Lipinski definition) is 3. The highest BCUT2D eigenvalue weighted by Gasteiger charge is 2.37. The number of nitrogens with zero attached hydrogens (tertiary/aromatic N) is 1. The number of aromatic hydroxyl groups is 1. The Labute approximate surface area is 155 Å². The summed E-state index contributed by atoms with van der Waals surface area (Å²) in [6, 6.07) is 2.66. The predicted molar refractivity (Wildman–Crippen MR) is 93.5 cm³/mol. The zero-order chi connectivity index (χ0) is 18.6. The van der Waals surface area contributed by atoms with Crippen molar-refractivity contribution in [1.29, 1.82) is 0 Å². The predicted octanol–water partition coefficient (Wildman–Crippen LogP) is 2.69. The maximum atomic E-state index is 11.5. The third-order valence-corrected chi connectivity index (χ3v) is 5.11. The number of amides is 1. The zero-order valence-corrected chi connectivity index (χ0v) is 15.2. The fraction of sp³-hybridized carbons (Fsp3) is 0.500. The summed E-state index contributed by atoms with van der Waals surface area (Å²) in [5.41, 5.74) is 0.470. The number of rotatable bonds is 6.